The third-order valence-corrected chi connectivity index (χ3v) is 8.33. The van der Waals surface area contributed by atoms with Gasteiger partial charge in [0.05, 0.1) is 9.90 Å². The molecular formula is C15H14ClN3O3S3. The van der Waals surface area contributed by atoms with Gasteiger partial charge < -0.3 is 5.32 Å². The quantitative estimate of drug-likeness (QED) is 0.827. The minimum absolute atomic E-state index is 0.131. The Hall–Kier alpha value is -1.44. The van der Waals surface area contributed by atoms with E-state index in [0.29, 0.717) is 27.7 Å². The van der Waals surface area contributed by atoms with Crippen molar-refractivity contribution in [2.75, 3.05) is 11.9 Å². The van der Waals surface area contributed by atoms with E-state index in [1.54, 1.807) is 11.4 Å². The first-order valence-electron chi connectivity index (χ1n) is 7.49. The fraction of sp³-hybridized carbons (Fsp3) is 0.333. The topological polar surface area (TPSA) is 90.3 Å². The van der Waals surface area contributed by atoms with Crippen molar-refractivity contribution in [1.29, 1.82) is 5.26 Å². The lowest BCUT2D eigenvalue weighted by molar-refractivity contribution is -0.120. The van der Waals surface area contributed by atoms with Crippen LogP contribution in [0, 0.1) is 11.3 Å². The lowest BCUT2D eigenvalue weighted by atomic mass is 10.0. The zero-order valence-electron chi connectivity index (χ0n) is 12.9. The van der Waals surface area contributed by atoms with Gasteiger partial charge in [-0.2, -0.15) is 9.57 Å². The first-order valence-corrected chi connectivity index (χ1v) is 11.0. The van der Waals surface area contributed by atoms with Crippen LogP contribution in [-0.2, 0) is 14.8 Å². The first-order chi connectivity index (χ1) is 11.9. The van der Waals surface area contributed by atoms with Crippen molar-refractivity contribution < 1.29 is 13.2 Å². The first kappa shape index (κ1) is 18.4. The average molecular weight is 416 g/mol. The van der Waals surface area contributed by atoms with E-state index >= 15 is 0 Å². The maximum atomic E-state index is 12.9. The van der Waals surface area contributed by atoms with Crippen molar-refractivity contribution in [3.63, 3.8) is 0 Å². The molecule has 2 aromatic rings. The highest BCUT2D eigenvalue weighted by molar-refractivity contribution is 7.91. The molecule has 1 aliphatic rings. The largest absolute Gasteiger partial charge is 0.315 e. The van der Waals surface area contributed by atoms with Crippen LogP contribution in [0.4, 0.5) is 5.00 Å². The summed E-state index contributed by atoms with van der Waals surface area (Å²) in [5, 5.41) is 13.9. The molecule has 1 aliphatic heterocycles. The van der Waals surface area contributed by atoms with E-state index in [4.69, 9.17) is 16.9 Å². The second-order valence-electron chi connectivity index (χ2n) is 5.45. The molecule has 0 radical (unpaired) electrons. The smallest absolute Gasteiger partial charge is 0.253 e. The Morgan fingerprint density at radius 2 is 2.16 bits per heavy atom. The van der Waals surface area contributed by atoms with Gasteiger partial charge in [-0.15, -0.1) is 22.7 Å². The molecule has 6 nitrogen and oxygen atoms in total. The average Bonchev–Trinajstić information content (AvgIpc) is 3.23. The van der Waals surface area contributed by atoms with E-state index in [1.165, 1.54) is 27.8 Å². The van der Waals surface area contributed by atoms with Crippen molar-refractivity contribution in [1.82, 2.24) is 4.31 Å². The summed E-state index contributed by atoms with van der Waals surface area (Å²) < 4.78 is 27.5. The summed E-state index contributed by atoms with van der Waals surface area (Å²) in [4.78, 5) is 12.7. The van der Waals surface area contributed by atoms with E-state index < -0.39 is 22.0 Å². The van der Waals surface area contributed by atoms with Crippen molar-refractivity contribution in [3.05, 3.63) is 33.5 Å². The Kier molecular flexibility index (Phi) is 5.46. The third kappa shape index (κ3) is 3.73. The molecule has 0 saturated carbocycles. The van der Waals surface area contributed by atoms with Crippen LogP contribution >= 0.6 is 34.3 Å². The Balaban J connectivity index is 1.86. The summed E-state index contributed by atoms with van der Waals surface area (Å²) in [5.74, 6) is -0.412. The maximum Gasteiger partial charge on any atom is 0.253 e. The number of nitrogens with one attached hydrogen (secondary N) is 1. The molecule has 1 saturated heterocycles. The molecular weight excluding hydrogens is 402 g/mol. The van der Waals surface area contributed by atoms with Crippen LogP contribution in [0.15, 0.2) is 27.8 Å². The minimum Gasteiger partial charge on any atom is -0.315 e. The molecule has 132 valence electrons. The number of rotatable bonds is 4. The molecule has 1 unspecified atom stereocenters. The van der Waals surface area contributed by atoms with Gasteiger partial charge in [0.25, 0.3) is 10.0 Å². The van der Waals surface area contributed by atoms with Gasteiger partial charge in [-0.05, 0) is 36.4 Å². The van der Waals surface area contributed by atoms with E-state index in [2.05, 4.69) is 5.32 Å². The standard InChI is InChI=1S/C15H14ClN3O3S3/c16-12-4-5-13(24-12)25(21,22)19-7-2-1-3-11(19)14(20)18-15-10(9-17)6-8-23-15/h4-6,8,11H,1-3,7H2,(H,18,20). The summed E-state index contributed by atoms with van der Waals surface area (Å²) in [6, 6.07) is 5.81. The van der Waals surface area contributed by atoms with Gasteiger partial charge in [0.2, 0.25) is 5.91 Å². The number of piperidine rings is 1. The van der Waals surface area contributed by atoms with Crippen molar-refractivity contribution >= 4 is 55.2 Å². The van der Waals surface area contributed by atoms with E-state index in [1.807, 2.05) is 6.07 Å². The number of sulfonamides is 1. The third-order valence-electron chi connectivity index (χ3n) is 3.89. The summed E-state index contributed by atoms with van der Waals surface area (Å²) in [6.07, 6.45) is 1.91. The van der Waals surface area contributed by atoms with Gasteiger partial charge >= 0.3 is 0 Å². The number of carbonyl (C=O) groups is 1. The molecule has 0 aromatic carbocycles. The molecule has 25 heavy (non-hydrogen) atoms. The van der Waals surface area contributed by atoms with Crippen molar-refractivity contribution in [2.24, 2.45) is 0 Å². The molecule has 3 rings (SSSR count). The number of anilines is 1. The van der Waals surface area contributed by atoms with Gasteiger partial charge in [-0.1, -0.05) is 18.0 Å². The monoisotopic (exact) mass is 415 g/mol. The van der Waals surface area contributed by atoms with Crippen LogP contribution in [0.25, 0.3) is 0 Å². The highest BCUT2D eigenvalue weighted by atomic mass is 35.5. The summed E-state index contributed by atoms with van der Waals surface area (Å²) in [5.41, 5.74) is 0.369. The number of amides is 1. The zero-order valence-corrected chi connectivity index (χ0v) is 16.1. The number of halogens is 1. The second-order valence-corrected chi connectivity index (χ2v) is 10.2. The predicted octanol–water partition coefficient (Wildman–Crippen LogP) is 3.52. The normalized spacial score (nSPS) is 18.6. The summed E-state index contributed by atoms with van der Waals surface area (Å²) in [7, 11) is -3.79. The molecule has 1 fully saturated rings. The highest BCUT2D eigenvalue weighted by Crippen LogP contribution is 2.32. The Morgan fingerprint density at radius 3 is 2.84 bits per heavy atom. The van der Waals surface area contributed by atoms with Crippen LogP contribution in [0.1, 0.15) is 24.8 Å². The molecule has 1 N–H and O–H groups in total. The molecule has 2 aromatic heterocycles. The van der Waals surface area contributed by atoms with Crippen LogP contribution < -0.4 is 5.32 Å². The zero-order chi connectivity index (χ0) is 18.0. The SMILES string of the molecule is N#Cc1ccsc1NC(=O)C1CCCCN1S(=O)(=O)c1ccc(Cl)s1. The molecule has 0 spiro atoms. The fourth-order valence-corrected chi connectivity index (χ4v) is 6.70. The predicted molar refractivity (Wildman–Crippen MR) is 98.5 cm³/mol. The van der Waals surface area contributed by atoms with Gasteiger partial charge in [0.1, 0.15) is 21.3 Å². The van der Waals surface area contributed by atoms with E-state index in [0.717, 1.165) is 17.8 Å². The van der Waals surface area contributed by atoms with E-state index in [9.17, 15) is 13.2 Å². The van der Waals surface area contributed by atoms with Gasteiger partial charge in [-0.25, -0.2) is 8.42 Å². The number of nitriles is 1. The Bertz CT molecular complexity index is 929. The highest BCUT2D eigenvalue weighted by Gasteiger charge is 2.38. The van der Waals surface area contributed by atoms with Crippen LogP contribution in [0.3, 0.4) is 0 Å². The van der Waals surface area contributed by atoms with Crippen LogP contribution in [0.5, 0.6) is 0 Å². The number of hydrogen-bond acceptors (Lipinski definition) is 6. The van der Waals surface area contributed by atoms with Gasteiger partial charge in [0.15, 0.2) is 0 Å². The Morgan fingerprint density at radius 1 is 1.36 bits per heavy atom. The second kappa shape index (κ2) is 7.43. The lowest BCUT2D eigenvalue weighted by Gasteiger charge is -2.33. The molecule has 0 aliphatic carbocycles. The molecule has 10 heteroatoms. The maximum absolute atomic E-state index is 12.9. The molecule has 1 amide bonds. The molecule has 3 heterocycles. The van der Waals surface area contributed by atoms with Gasteiger partial charge in [-0.3, -0.25) is 4.79 Å². The number of hydrogen-bond donors (Lipinski definition) is 1. The van der Waals surface area contributed by atoms with Gasteiger partial charge in [0, 0.05) is 6.54 Å². The van der Waals surface area contributed by atoms with E-state index in [-0.39, 0.29) is 10.8 Å². The number of carbonyl (C=O) groups excluding carboxylic acids is 1. The van der Waals surface area contributed by atoms with Crippen LogP contribution in [0.2, 0.25) is 4.34 Å². The minimum atomic E-state index is -3.79. The van der Waals surface area contributed by atoms with Crippen molar-refractivity contribution in [2.45, 2.75) is 29.5 Å². The fourth-order valence-electron chi connectivity index (χ4n) is 2.70. The molecule has 0 bridgehead atoms. The molecule has 1 atom stereocenters. The number of nitrogens with zero attached hydrogens (tertiary/aromatic N) is 2. The number of thiophene rings is 2. The lowest BCUT2D eigenvalue weighted by Crippen LogP contribution is -2.49. The summed E-state index contributed by atoms with van der Waals surface area (Å²) >= 11 is 8.07. The van der Waals surface area contributed by atoms with Crippen molar-refractivity contribution in [3.8, 4) is 6.07 Å². The Labute approximate surface area is 158 Å². The summed E-state index contributed by atoms with van der Waals surface area (Å²) in [6.45, 7) is 0.283. The van der Waals surface area contributed by atoms with Crippen LogP contribution in [-0.4, -0.2) is 31.2 Å².